The second kappa shape index (κ2) is 10.9. The smallest absolute Gasteiger partial charge is 1.00 e. The van der Waals surface area contributed by atoms with Crippen molar-refractivity contribution in [2.24, 2.45) is 0 Å². The Morgan fingerprint density at radius 3 is 2.14 bits per heavy atom. The van der Waals surface area contributed by atoms with Crippen LogP contribution in [0.15, 0.2) is 71.6 Å². The Morgan fingerprint density at radius 1 is 0.914 bits per heavy atom. The zero-order valence-corrected chi connectivity index (χ0v) is 27.4. The molecular weight excluding hydrogens is 583 g/mol. The van der Waals surface area contributed by atoms with Gasteiger partial charge in [-0.25, -0.2) is 0 Å². The van der Waals surface area contributed by atoms with Gasteiger partial charge in [-0.1, -0.05) is 82.3 Å². The topological polar surface area (TPSA) is 0 Å². The molecule has 3 heterocycles. The third-order valence-electron chi connectivity index (χ3n) is 7.38. The maximum atomic E-state index is 2.51. The fourth-order valence-corrected chi connectivity index (χ4v) is 12.1. The van der Waals surface area contributed by atoms with Crippen LogP contribution in [0.3, 0.4) is 0 Å². The predicted molar refractivity (Wildman–Crippen MR) is 146 cm³/mol. The van der Waals surface area contributed by atoms with Gasteiger partial charge in [-0.15, -0.1) is 45.9 Å². The number of hydrogen-bond donors (Lipinski definition) is 0. The summed E-state index contributed by atoms with van der Waals surface area (Å²) in [4.78, 5) is 1.63. The number of hydrogen-bond acceptors (Lipinski definition) is 1. The largest absolute Gasteiger partial charge is 3.00 e. The summed E-state index contributed by atoms with van der Waals surface area (Å²) in [5.74, 6) is 0. The molecule has 181 valence electrons. The van der Waals surface area contributed by atoms with Gasteiger partial charge in [0, 0.05) is 10.4 Å². The van der Waals surface area contributed by atoms with Crippen LogP contribution in [0.5, 0.6) is 0 Å². The van der Waals surface area contributed by atoms with Crippen LogP contribution in [0, 0.1) is 6.92 Å². The molecule has 1 radical (unpaired) electrons. The average molecular weight is 616 g/mol. The average Bonchev–Trinajstić information content (AvgIpc) is 3.43. The Labute approximate surface area is 247 Å². The molecule has 4 aromatic rings. The summed E-state index contributed by atoms with van der Waals surface area (Å²) in [6.45, 7) is 16.3. The number of fused-ring (bicyclic) bond motifs is 1. The first-order valence-electron chi connectivity index (χ1n) is 11.6. The van der Waals surface area contributed by atoms with E-state index >= 15 is 0 Å². The number of thiophene rings is 1. The van der Waals surface area contributed by atoms with Gasteiger partial charge in [0.25, 0.3) is 0 Å². The number of rotatable bonds is 1. The first-order valence-corrected chi connectivity index (χ1v) is 15.6. The van der Waals surface area contributed by atoms with E-state index in [-0.39, 0.29) is 56.4 Å². The van der Waals surface area contributed by atoms with Crippen LogP contribution in [-0.2, 0) is 31.6 Å². The van der Waals surface area contributed by atoms with Gasteiger partial charge in [-0.3, -0.25) is 0 Å². The van der Waals surface area contributed by atoms with Crippen LogP contribution in [0.4, 0.5) is 0 Å². The van der Waals surface area contributed by atoms with Crippen LogP contribution < -0.4 is 24.8 Å². The molecule has 2 aliphatic heterocycles. The molecule has 0 saturated carbocycles. The zero-order valence-electron chi connectivity index (χ0n) is 21.6. The molecule has 0 fully saturated rings. The van der Waals surface area contributed by atoms with E-state index in [1.165, 1.54) is 33.0 Å². The maximum absolute atomic E-state index is 2.51. The molecule has 1 aromatic heterocycles. The minimum atomic E-state index is -0.972. The van der Waals surface area contributed by atoms with Gasteiger partial charge in [-0.05, 0) is 45.7 Å². The van der Waals surface area contributed by atoms with E-state index < -0.39 is 8.07 Å². The summed E-state index contributed by atoms with van der Waals surface area (Å²) in [6.07, 6.45) is 0. The van der Waals surface area contributed by atoms with Gasteiger partial charge >= 0.3 is 26.2 Å². The second-order valence-corrected chi connectivity index (χ2v) is 16.5. The predicted octanol–water partition coefficient (Wildman–Crippen LogP) is 3.26. The molecule has 0 saturated heterocycles. The minimum Gasteiger partial charge on any atom is -1.00 e. The van der Waals surface area contributed by atoms with E-state index in [1.807, 2.05) is 11.3 Å². The summed E-state index contributed by atoms with van der Waals surface area (Å²) in [5.41, 5.74) is 9.78. The van der Waals surface area contributed by atoms with Crippen LogP contribution in [0.25, 0.3) is 27.1 Å². The van der Waals surface area contributed by atoms with E-state index in [9.17, 15) is 0 Å². The van der Waals surface area contributed by atoms with Crippen molar-refractivity contribution in [3.8, 4) is 11.1 Å². The Hall–Kier alpha value is -0.830. The molecule has 5 heteroatoms. The van der Waals surface area contributed by atoms with Crippen LogP contribution in [0.1, 0.15) is 54.8 Å². The van der Waals surface area contributed by atoms with Gasteiger partial charge in [0.2, 0.25) is 0 Å². The summed E-state index contributed by atoms with van der Waals surface area (Å²) in [5, 5.41) is 6.71. The van der Waals surface area contributed by atoms with E-state index in [0.29, 0.717) is 0 Å². The molecule has 7 rings (SSSR count). The van der Waals surface area contributed by atoms with Crippen molar-refractivity contribution < 1.29 is 51.0 Å². The normalized spacial score (nSPS) is 16.7. The number of allylic oxidation sites excluding steroid dienone is 1. The molecule has 35 heavy (non-hydrogen) atoms. The molecule has 1 unspecified atom stereocenters. The fourth-order valence-electron chi connectivity index (χ4n) is 5.89. The van der Waals surface area contributed by atoms with E-state index in [0.717, 1.165) is 5.54 Å². The Morgan fingerprint density at radius 2 is 1.57 bits per heavy atom. The standard InChI is InChI=1S/C20H21.C10H12SSi.2ClH.Zr/c1-14-12-16-6-5-7-18(19(16)13-14)15-8-10-17(11-9-15)20(2,3)4;1-6-9-7-4-5-11-8(7)10(6)12(9,2)3;;;/h5-13H,1-4H3;4-5,9H,1-3H3;2*1H;/q-1;;;;+3/p-2. The van der Waals surface area contributed by atoms with Gasteiger partial charge in [-0.2, -0.15) is 6.07 Å². The number of aryl methyl sites for hydroxylation is 1. The van der Waals surface area contributed by atoms with E-state index in [2.05, 4.69) is 114 Å². The van der Waals surface area contributed by atoms with Crippen molar-refractivity contribution in [2.75, 3.05) is 0 Å². The monoisotopic (exact) mass is 613 g/mol. The van der Waals surface area contributed by atoms with Gasteiger partial charge in [0.05, 0.1) is 8.07 Å². The maximum Gasteiger partial charge on any atom is 3.00 e. The molecule has 3 aliphatic rings. The third-order valence-corrected chi connectivity index (χ3v) is 12.6. The summed E-state index contributed by atoms with van der Waals surface area (Å²) < 4.78 is 0. The fraction of sp³-hybridized carbons (Fsp3) is 0.300. The first-order chi connectivity index (χ1) is 15.1. The van der Waals surface area contributed by atoms with Gasteiger partial charge < -0.3 is 24.8 Å². The summed E-state index contributed by atoms with van der Waals surface area (Å²) in [7, 11) is -0.972. The molecule has 0 nitrogen and oxygen atoms in total. The minimum absolute atomic E-state index is 0. The van der Waals surface area contributed by atoms with Crippen LogP contribution >= 0.6 is 11.3 Å². The summed E-state index contributed by atoms with van der Waals surface area (Å²) in [6, 6.07) is 22.4. The van der Waals surface area contributed by atoms with Crippen LogP contribution in [0.2, 0.25) is 13.1 Å². The van der Waals surface area contributed by atoms with Gasteiger partial charge in [0.1, 0.15) is 0 Å². The van der Waals surface area contributed by atoms with Crippen molar-refractivity contribution in [3.63, 3.8) is 0 Å². The molecule has 1 atom stereocenters. The quantitative estimate of drug-likeness (QED) is 0.228. The van der Waals surface area contributed by atoms with E-state index in [4.69, 9.17) is 0 Å². The molecule has 2 bridgehead atoms. The van der Waals surface area contributed by atoms with Crippen molar-refractivity contribution in [1.82, 2.24) is 0 Å². The Kier molecular flexibility index (Phi) is 9.45. The zero-order chi connectivity index (χ0) is 22.8. The van der Waals surface area contributed by atoms with Crippen molar-refractivity contribution in [3.05, 3.63) is 93.2 Å². The van der Waals surface area contributed by atoms with E-state index in [1.54, 1.807) is 21.2 Å². The number of halogens is 2. The Bertz CT molecular complexity index is 1350. The van der Waals surface area contributed by atoms with Crippen LogP contribution in [-0.4, -0.2) is 8.07 Å². The van der Waals surface area contributed by atoms with Crippen molar-refractivity contribution in [1.29, 1.82) is 0 Å². The molecule has 1 aliphatic carbocycles. The SMILES string of the molecule is CC1=C2c3sccc3C1[Si]2(C)C.Cc1cc2c(-c3ccc(C(C)(C)C)cc3)cccc2[cH-]1.[Cl-].[Cl-].[Zr+3]. The molecule has 3 aromatic carbocycles. The van der Waals surface area contributed by atoms with Crippen molar-refractivity contribution in [2.45, 2.75) is 58.7 Å². The first kappa shape index (κ1) is 30.4. The van der Waals surface area contributed by atoms with Crippen molar-refractivity contribution >= 4 is 35.4 Å². The molecular formula is C30H33Cl2SSiZr. The number of benzene rings is 2. The molecule has 0 N–H and O–H groups in total. The second-order valence-electron chi connectivity index (χ2n) is 11.1. The summed E-state index contributed by atoms with van der Waals surface area (Å²) >= 11 is 1.94. The Balaban J connectivity index is 0.000000249. The molecule has 0 amide bonds. The van der Waals surface area contributed by atoms with Gasteiger partial charge in [0.15, 0.2) is 0 Å². The molecule has 0 spiro atoms. The third kappa shape index (κ3) is 5.14.